The molecule has 1 amide bonds. The molecule has 0 radical (unpaired) electrons. The van der Waals surface area contributed by atoms with E-state index in [1.807, 2.05) is 17.5 Å². The van der Waals surface area contributed by atoms with Gasteiger partial charge in [0.1, 0.15) is 0 Å². The number of nitrogens with one attached hydrogen (secondary N) is 1. The van der Waals surface area contributed by atoms with Crippen LogP contribution in [0.15, 0.2) is 46.9 Å². The van der Waals surface area contributed by atoms with E-state index >= 15 is 0 Å². The number of rotatable bonds is 5. The van der Waals surface area contributed by atoms with Crippen LogP contribution in [0.25, 0.3) is 10.7 Å². The highest BCUT2D eigenvalue weighted by Gasteiger charge is 2.14. The van der Waals surface area contributed by atoms with E-state index in [0.717, 1.165) is 4.88 Å². The van der Waals surface area contributed by atoms with Gasteiger partial charge in [-0.15, -0.1) is 21.5 Å². The molecule has 0 saturated carbocycles. The first-order valence-corrected chi connectivity index (χ1v) is 8.80. The summed E-state index contributed by atoms with van der Waals surface area (Å²) in [7, 11) is 0. The van der Waals surface area contributed by atoms with Gasteiger partial charge in [-0.3, -0.25) is 4.79 Å². The third-order valence-corrected chi connectivity index (χ3v) is 4.89. The SMILES string of the molecule is Nn1c(SCC(=O)Nc2cccc(Cl)c2)nnc1-c1cccs1. The van der Waals surface area contributed by atoms with Crippen LogP contribution in [0.3, 0.4) is 0 Å². The monoisotopic (exact) mass is 365 g/mol. The number of nitrogens with zero attached hydrogens (tertiary/aromatic N) is 3. The summed E-state index contributed by atoms with van der Waals surface area (Å²) in [4.78, 5) is 12.9. The van der Waals surface area contributed by atoms with E-state index in [2.05, 4.69) is 15.5 Å². The highest BCUT2D eigenvalue weighted by atomic mass is 35.5. The Morgan fingerprint density at radius 1 is 1.35 bits per heavy atom. The van der Waals surface area contributed by atoms with Crippen molar-refractivity contribution in [2.45, 2.75) is 5.16 Å². The number of thiophene rings is 1. The van der Waals surface area contributed by atoms with Gasteiger partial charge in [-0.1, -0.05) is 35.5 Å². The average molecular weight is 366 g/mol. The summed E-state index contributed by atoms with van der Waals surface area (Å²) in [5, 5.41) is 13.8. The van der Waals surface area contributed by atoms with Crippen LogP contribution < -0.4 is 11.2 Å². The molecule has 0 aliphatic rings. The number of thioether (sulfide) groups is 1. The van der Waals surface area contributed by atoms with Gasteiger partial charge in [0.05, 0.1) is 10.6 Å². The lowest BCUT2D eigenvalue weighted by atomic mass is 10.3. The Labute approximate surface area is 145 Å². The lowest BCUT2D eigenvalue weighted by Gasteiger charge is -2.05. The van der Waals surface area contributed by atoms with Gasteiger partial charge in [-0.25, -0.2) is 4.68 Å². The average Bonchev–Trinajstić information content (AvgIpc) is 3.15. The topological polar surface area (TPSA) is 85.8 Å². The van der Waals surface area contributed by atoms with E-state index in [1.165, 1.54) is 27.8 Å². The molecule has 0 spiro atoms. The number of nitrogen functional groups attached to an aromatic ring is 1. The third kappa shape index (κ3) is 3.84. The fourth-order valence-electron chi connectivity index (χ4n) is 1.84. The summed E-state index contributed by atoms with van der Waals surface area (Å²) in [6.07, 6.45) is 0. The van der Waals surface area contributed by atoms with Gasteiger partial charge in [0, 0.05) is 10.7 Å². The number of hydrogen-bond acceptors (Lipinski definition) is 6. The number of halogens is 1. The molecule has 0 saturated heterocycles. The van der Waals surface area contributed by atoms with Crippen LogP contribution in [0, 0.1) is 0 Å². The maximum absolute atomic E-state index is 12.0. The molecule has 0 aliphatic carbocycles. The smallest absolute Gasteiger partial charge is 0.234 e. The molecule has 23 heavy (non-hydrogen) atoms. The van der Waals surface area contributed by atoms with Gasteiger partial charge in [0.15, 0.2) is 5.82 Å². The lowest BCUT2D eigenvalue weighted by molar-refractivity contribution is -0.113. The molecule has 118 valence electrons. The summed E-state index contributed by atoms with van der Waals surface area (Å²) >= 11 is 8.63. The third-order valence-electron chi connectivity index (χ3n) is 2.85. The van der Waals surface area contributed by atoms with Crippen molar-refractivity contribution >= 4 is 46.3 Å². The van der Waals surface area contributed by atoms with Crippen molar-refractivity contribution in [1.29, 1.82) is 0 Å². The van der Waals surface area contributed by atoms with Crippen molar-refractivity contribution in [1.82, 2.24) is 14.9 Å². The highest BCUT2D eigenvalue weighted by Crippen LogP contribution is 2.25. The van der Waals surface area contributed by atoms with Crippen LogP contribution in [0.1, 0.15) is 0 Å². The standard InChI is InChI=1S/C14H12ClN5OS2/c15-9-3-1-4-10(7-9)17-12(21)8-23-14-19-18-13(20(14)16)11-5-2-6-22-11/h1-7H,8,16H2,(H,17,21). The molecule has 0 bridgehead atoms. The summed E-state index contributed by atoms with van der Waals surface area (Å²) < 4.78 is 1.39. The van der Waals surface area contributed by atoms with Crippen LogP contribution in [-0.2, 0) is 4.79 Å². The Morgan fingerprint density at radius 3 is 2.96 bits per heavy atom. The summed E-state index contributed by atoms with van der Waals surface area (Å²) in [6.45, 7) is 0. The molecule has 6 nitrogen and oxygen atoms in total. The second-order valence-electron chi connectivity index (χ2n) is 4.50. The minimum Gasteiger partial charge on any atom is -0.335 e. The zero-order chi connectivity index (χ0) is 16.2. The fraction of sp³-hybridized carbons (Fsp3) is 0.0714. The Balaban J connectivity index is 1.61. The maximum atomic E-state index is 12.0. The second-order valence-corrected chi connectivity index (χ2v) is 6.83. The van der Waals surface area contributed by atoms with Crippen molar-refractivity contribution < 1.29 is 4.79 Å². The molecule has 3 rings (SSSR count). The van der Waals surface area contributed by atoms with E-state index in [-0.39, 0.29) is 11.7 Å². The number of aromatic nitrogens is 3. The molecule has 3 N–H and O–H groups in total. The number of benzene rings is 1. The predicted molar refractivity (Wildman–Crippen MR) is 94.3 cm³/mol. The van der Waals surface area contributed by atoms with Gasteiger partial charge in [0.2, 0.25) is 11.1 Å². The van der Waals surface area contributed by atoms with Crippen molar-refractivity contribution in [3.8, 4) is 10.7 Å². The summed E-state index contributed by atoms with van der Waals surface area (Å²) in [5.41, 5.74) is 0.650. The molecular formula is C14H12ClN5OS2. The van der Waals surface area contributed by atoms with E-state index in [0.29, 0.717) is 21.7 Å². The minimum atomic E-state index is -0.169. The Kier molecular flexibility index (Phi) is 4.85. The van der Waals surface area contributed by atoms with E-state index in [4.69, 9.17) is 17.4 Å². The summed E-state index contributed by atoms with van der Waals surface area (Å²) in [6, 6.07) is 10.8. The molecule has 0 fully saturated rings. The van der Waals surface area contributed by atoms with Gasteiger partial charge in [-0.05, 0) is 29.6 Å². The number of hydrogen-bond donors (Lipinski definition) is 2. The Morgan fingerprint density at radius 2 is 2.22 bits per heavy atom. The van der Waals surface area contributed by atoms with E-state index < -0.39 is 0 Å². The lowest BCUT2D eigenvalue weighted by Crippen LogP contribution is -2.16. The van der Waals surface area contributed by atoms with E-state index in [1.54, 1.807) is 24.3 Å². The highest BCUT2D eigenvalue weighted by molar-refractivity contribution is 7.99. The zero-order valence-electron chi connectivity index (χ0n) is 11.8. The number of nitrogens with two attached hydrogens (primary N) is 1. The largest absolute Gasteiger partial charge is 0.335 e. The van der Waals surface area contributed by atoms with Crippen LogP contribution in [0.5, 0.6) is 0 Å². The van der Waals surface area contributed by atoms with Crippen molar-refractivity contribution in [2.24, 2.45) is 0 Å². The molecule has 2 heterocycles. The molecule has 3 aromatic rings. The molecule has 0 atom stereocenters. The van der Waals surface area contributed by atoms with Gasteiger partial charge < -0.3 is 11.2 Å². The Bertz CT molecular complexity index is 818. The Hall–Kier alpha value is -2.03. The van der Waals surface area contributed by atoms with Gasteiger partial charge in [0.25, 0.3) is 0 Å². The second kappa shape index (κ2) is 7.03. The minimum absolute atomic E-state index is 0.169. The molecule has 1 aromatic carbocycles. The molecule has 2 aromatic heterocycles. The van der Waals surface area contributed by atoms with Crippen molar-refractivity contribution in [2.75, 3.05) is 16.9 Å². The van der Waals surface area contributed by atoms with Gasteiger partial charge >= 0.3 is 0 Å². The first-order valence-electron chi connectivity index (χ1n) is 6.56. The van der Waals surface area contributed by atoms with Crippen molar-refractivity contribution in [3.63, 3.8) is 0 Å². The summed E-state index contributed by atoms with van der Waals surface area (Å²) in [5.74, 6) is 6.57. The maximum Gasteiger partial charge on any atom is 0.234 e. The van der Waals surface area contributed by atoms with Crippen LogP contribution in [0.2, 0.25) is 5.02 Å². The van der Waals surface area contributed by atoms with E-state index in [9.17, 15) is 4.79 Å². The predicted octanol–water partition coefficient (Wildman–Crippen LogP) is 3.10. The van der Waals surface area contributed by atoms with Crippen LogP contribution >= 0.6 is 34.7 Å². The van der Waals surface area contributed by atoms with Crippen LogP contribution in [-0.4, -0.2) is 26.5 Å². The van der Waals surface area contributed by atoms with Crippen molar-refractivity contribution in [3.05, 3.63) is 46.8 Å². The van der Waals surface area contributed by atoms with Crippen LogP contribution in [0.4, 0.5) is 5.69 Å². The number of anilines is 1. The molecule has 9 heteroatoms. The molecule has 0 aliphatic heterocycles. The first kappa shape index (κ1) is 15.9. The number of carbonyl (C=O) groups is 1. The number of amides is 1. The van der Waals surface area contributed by atoms with Gasteiger partial charge in [-0.2, -0.15) is 0 Å². The normalized spacial score (nSPS) is 10.7. The quantitative estimate of drug-likeness (QED) is 0.536. The number of carbonyl (C=O) groups excluding carboxylic acids is 1. The molecular weight excluding hydrogens is 354 g/mol. The fourth-order valence-corrected chi connectivity index (χ4v) is 3.39. The first-order chi connectivity index (χ1) is 11.1. The zero-order valence-corrected chi connectivity index (χ0v) is 14.2. The molecule has 0 unspecified atom stereocenters.